The van der Waals surface area contributed by atoms with E-state index in [1.54, 1.807) is 0 Å². The van der Waals surface area contributed by atoms with Gasteiger partial charge in [0.05, 0.1) is 0 Å². The third-order valence-electron chi connectivity index (χ3n) is 4.35. The number of carbonyl (C=O) groups is 1. The van der Waals surface area contributed by atoms with Crippen molar-refractivity contribution in [3.8, 4) is 0 Å². The van der Waals surface area contributed by atoms with Gasteiger partial charge in [-0.25, -0.2) is 0 Å². The summed E-state index contributed by atoms with van der Waals surface area (Å²) in [5.74, 6) is -0.0578. The molecule has 0 aliphatic carbocycles. The van der Waals surface area contributed by atoms with E-state index < -0.39 is 0 Å². The average Bonchev–Trinajstić information content (AvgIpc) is 2.85. The predicted molar refractivity (Wildman–Crippen MR) is 94.6 cm³/mol. The van der Waals surface area contributed by atoms with Gasteiger partial charge in [-0.1, -0.05) is 43.2 Å². The number of anilines is 1. The number of rotatable bonds is 4. The van der Waals surface area contributed by atoms with Crippen molar-refractivity contribution in [1.29, 1.82) is 0 Å². The maximum absolute atomic E-state index is 12.2. The molecule has 0 saturated carbocycles. The van der Waals surface area contributed by atoms with Crippen LogP contribution in [-0.2, 0) is 6.54 Å². The normalized spacial score (nSPS) is 15.8. The van der Waals surface area contributed by atoms with Crippen LogP contribution in [0.4, 0.5) is 5.69 Å². The lowest BCUT2D eigenvalue weighted by Crippen LogP contribution is -2.24. The molecule has 0 unspecified atom stereocenters. The molecule has 0 atom stereocenters. The molecule has 0 spiro atoms. The summed E-state index contributed by atoms with van der Waals surface area (Å²) in [6.45, 7) is 3.37. The molecule has 1 fully saturated rings. The number of hydrogen-bond donors (Lipinski definition) is 1. The lowest BCUT2D eigenvalue weighted by Gasteiger charge is -2.19. The Morgan fingerprint density at radius 1 is 0.870 bits per heavy atom. The summed E-state index contributed by atoms with van der Waals surface area (Å²) in [6, 6.07) is 17.6. The van der Waals surface area contributed by atoms with Crippen LogP contribution in [0.3, 0.4) is 0 Å². The van der Waals surface area contributed by atoms with Crippen LogP contribution in [0.1, 0.15) is 41.6 Å². The SMILES string of the molecule is O=C(Nc1ccccc1)c1ccc(CN2CCCCCC2)cc1. The van der Waals surface area contributed by atoms with Crippen molar-refractivity contribution in [2.75, 3.05) is 18.4 Å². The molecule has 3 heteroatoms. The molecular formula is C20H24N2O. The fraction of sp³-hybridized carbons (Fsp3) is 0.350. The maximum Gasteiger partial charge on any atom is 0.255 e. The van der Waals surface area contributed by atoms with E-state index >= 15 is 0 Å². The molecule has 120 valence electrons. The van der Waals surface area contributed by atoms with Crippen LogP contribution < -0.4 is 5.32 Å². The van der Waals surface area contributed by atoms with E-state index in [9.17, 15) is 4.79 Å². The van der Waals surface area contributed by atoms with E-state index in [1.807, 2.05) is 42.5 Å². The van der Waals surface area contributed by atoms with Gasteiger partial charge in [0.25, 0.3) is 5.91 Å². The first-order valence-corrected chi connectivity index (χ1v) is 8.49. The molecule has 0 bridgehead atoms. The van der Waals surface area contributed by atoms with Crippen LogP contribution in [0, 0.1) is 0 Å². The average molecular weight is 308 g/mol. The molecule has 2 aromatic carbocycles. The highest BCUT2D eigenvalue weighted by Gasteiger charge is 2.10. The minimum absolute atomic E-state index is 0.0578. The molecule has 1 saturated heterocycles. The molecule has 23 heavy (non-hydrogen) atoms. The highest BCUT2D eigenvalue weighted by atomic mass is 16.1. The predicted octanol–water partition coefficient (Wildman–Crippen LogP) is 4.31. The van der Waals surface area contributed by atoms with Gasteiger partial charge in [-0.3, -0.25) is 9.69 Å². The van der Waals surface area contributed by atoms with Gasteiger partial charge in [-0.05, 0) is 55.8 Å². The number of amides is 1. The van der Waals surface area contributed by atoms with Crippen LogP contribution in [-0.4, -0.2) is 23.9 Å². The first-order chi connectivity index (χ1) is 11.3. The second-order valence-electron chi connectivity index (χ2n) is 6.21. The van der Waals surface area contributed by atoms with Crippen molar-refractivity contribution in [3.05, 3.63) is 65.7 Å². The molecule has 2 aromatic rings. The highest BCUT2D eigenvalue weighted by Crippen LogP contribution is 2.14. The molecule has 1 amide bonds. The Labute approximate surface area is 138 Å². The zero-order valence-electron chi connectivity index (χ0n) is 13.5. The van der Waals surface area contributed by atoms with Crippen molar-refractivity contribution in [1.82, 2.24) is 4.90 Å². The molecule has 1 aliphatic heterocycles. The Kier molecular flexibility index (Phi) is 5.43. The molecule has 0 radical (unpaired) electrons. The van der Waals surface area contributed by atoms with Gasteiger partial charge in [0.15, 0.2) is 0 Å². The Morgan fingerprint density at radius 2 is 1.52 bits per heavy atom. The van der Waals surface area contributed by atoms with Crippen LogP contribution in [0.15, 0.2) is 54.6 Å². The van der Waals surface area contributed by atoms with Crippen LogP contribution >= 0.6 is 0 Å². The van der Waals surface area contributed by atoms with Gasteiger partial charge in [0.1, 0.15) is 0 Å². The Hall–Kier alpha value is -2.13. The van der Waals surface area contributed by atoms with Gasteiger partial charge in [0.2, 0.25) is 0 Å². The number of nitrogens with zero attached hydrogens (tertiary/aromatic N) is 1. The fourth-order valence-electron chi connectivity index (χ4n) is 3.04. The number of benzene rings is 2. The van der Waals surface area contributed by atoms with E-state index in [1.165, 1.54) is 44.3 Å². The van der Waals surface area contributed by atoms with Crippen LogP contribution in [0.25, 0.3) is 0 Å². The van der Waals surface area contributed by atoms with Crippen LogP contribution in [0.5, 0.6) is 0 Å². The molecule has 1 aliphatic rings. The van der Waals surface area contributed by atoms with E-state index in [0.717, 1.165) is 12.2 Å². The molecule has 3 nitrogen and oxygen atoms in total. The van der Waals surface area contributed by atoms with E-state index in [0.29, 0.717) is 5.56 Å². The quantitative estimate of drug-likeness (QED) is 0.912. The summed E-state index contributed by atoms with van der Waals surface area (Å²) < 4.78 is 0. The number of hydrogen-bond acceptors (Lipinski definition) is 2. The molecule has 1 heterocycles. The van der Waals surface area contributed by atoms with E-state index in [-0.39, 0.29) is 5.91 Å². The molecule has 3 rings (SSSR count). The summed E-state index contributed by atoms with van der Waals surface area (Å²) in [7, 11) is 0. The van der Waals surface area contributed by atoms with E-state index in [2.05, 4.69) is 22.3 Å². The first-order valence-electron chi connectivity index (χ1n) is 8.49. The largest absolute Gasteiger partial charge is 0.322 e. The number of para-hydroxylation sites is 1. The van der Waals surface area contributed by atoms with Crippen molar-refractivity contribution in [3.63, 3.8) is 0 Å². The first kappa shape index (κ1) is 15.8. The van der Waals surface area contributed by atoms with Gasteiger partial charge in [0, 0.05) is 17.8 Å². The second kappa shape index (κ2) is 7.93. The number of nitrogens with one attached hydrogen (secondary N) is 1. The topological polar surface area (TPSA) is 32.3 Å². The zero-order valence-corrected chi connectivity index (χ0v) is 13.5. The van der Waals surface area contributed by atoms with E-state index in [4.69, 9.17) is 0 Å². The number of likely N-dealkylation sites (tertiary alicyclic amines) is 1. The number of carbonyl (C=O) groups excluding carboxylic acids is 1. The summed E-state index contributed by atoms with van der Waals surface area (Å²) in [4.78, 5) is 14.8. The monoisotopic (exact) mass is 308 g/mol. The van der Waals surface area contributed by atoms with Gasteiger partial charge < -0.3 is 5.32 Å². The fourth-order valence-corrected chi connectivity index (χ4v) is 3.04. The second-order valence-corrected chi connectivity index (χ2v) is 6.21. The zero-order chi connectivity index (χ0) is 15.9. The lowest BCUT2D eigenvalue weighted by molar-refractivity contribution is 0.102. The third-order valence-corrected chi connectivity index (χ3v) is 4.35. The minimum atomic E-state index is -0.0578. The maximum atomic E-state index is 12.2. The van der Waals surface area contributed by atoms with Gasteiger partial charge in [-0.2, -0.15) is 0 Å². The highest BCUT2D eigenvalue weighted by molar-refractivity contribution is 6.04. The smallest absolute Gasteiger partial charge is 0.255 e. The van der Waals surface area contributed by atoms with Crippen molar-refractivity contribution in [2.24, 2.45) is 0 Å². The lowest BCUT2D eigenvalue weighted by atomic mass is 10.1. The molecule has 1 N–H and O–H groups in total. The standard InChI is InChI=1S/C20H24N2O/c23-20(21-19-8-4-3-5-9-19)18-12-10-17(11-13-18)16-22-14-6-1-2-7-15-22/h3-5,8-13H,1-2,6-7,14-16H2,(H,21,23). The van der Waals surface area contributed by atoms with Crippen molar-refractivity contribution in [2.45, 2.75) is 32.2 Å². The summed E-state index contributed by atoms with van der Waals surface area (Å²) in [6.07, 6.45) is 5.32. The summed E-state index contributed by atoms with van der Waals surface area (Å²) in [5.41, 5.74) is 2.81. The Morgan fingerprint density at radius 3 is 2.17 bits per heavy atom. The van der Waals surface area contributed by atoms with Gasteiger partial charge >= 0.3 is 0 Å². The third kappa shape index (κ3) is 4.67. The molecule has 0 aromatic heterocycles. The Balaban J connectivity index is 1.59. The summed E-state index contributed by atoms with van der Waals surface area (Å²) >= 11 is 0. The van der Waals surface area contributed by atoms with Crippen molar-refractivity contribution < 1.29 is 4.79 Å². The van der Waals surface area contributed by atoms with Gasteiger partial charge in [-0.15, -0.1) is 0 Å². The molecular weight excluding hydrogens is 284 g/mol. The van der Waals surface area contributed by atoms with Crippen LogP contribution in [0.2, 0.25) is 0 Å². The minimum Gasteiger partial charge on any atom is -0.322 e. The summed E-state index contributed by atoms with van der Waals surface area (Å²) in [5, 5.41) is 2.92. The Bertz CT molecular complexity index is 614. The van der Waals surface area contributed by atoms with Crippen molar-refractivity contribution >= 4 is 11.6 Å².